The highest BCUT2D eigenvalue weighted by molar-refractivity contribution is 7.89. The predicted octanol–water partition coefficient (Wildman–Crippen LogP) is 2.83. The van der Waals surface area contributed by atoms with E-state index in [2.05, 4.69) is 0 Å². The van der Waals surface area contributed by atoms with Gasteiger partial charge in [0.1, 0.15) is 11.9 Å². The maximum atomic E-state index is 12.9. The molecule has 0 spiro atoms. The van der Waals surface area contributed by atoms with E-state index in [4.69, 9.17) is 0 Å². The molecule has 24 heavy (non-hydrogen) atoms. The highest BCUT2D eigenvalue weighted by Gasteiger charge is 2.48. The molecule has 1 N–H and O–H groups in total. The van der Waals surface area contributed by atoms with E-state index in [0.29, 0.717) is 6.42 Å². The van der Waals surface area contributed by atoms with E-state index in [9.17, 15) is 31.5 Å². The summed E-state index contributed by atoms with van der Waals surface area (Å²) in [5.41, 5.74) is 0. The fourth-order valence-electron chi connectivity index (χ4n) is 2.87. The highest BCUT2D eigenvalue weighted by atomic mass is 32.2. The number of carbonyl (C=O) groups is 1. The monoisotopic (exact) mass is 367 g/mol. The Balaban J connectivity index is 0.000000891. The molecule has 0 bridgehead atoms. The number of hydrogen-bond acceptors (Lipinski definition) is 3. The molecule has 0 radical (unpaired) electrons. The molecule has 1 aliphatic heterocycles. The molecule has 0 amide bonds. The van der Waals surface area contributed by atoms with Crippen LogP contribution in [0.5, 0.6) is 0 Å². The van der Waals surface area contributed by atoms with Crippen LogP contribution in [-0.2, 0) is 14.8 Å². The Morgan fingerprint density at radius 1 is 1.29 bits per heavy atom. The van der Waals surface area contributed by atoms with Crippen LogP contribution in [-0.4, -0.2) is 43.3 Å². The number of halogens is 3. The quantitative estimate of drug-likeness (QED) is 0.888. The summed E-state index contributed by atoms with van der Waals surface area (Å²) < 4.78 is 58.4. The first-order valence-corrected chi connectivity index (χ1v) is 8.76. The minimum absolute atomic E-state index is 0.00123. The molecule has 2 rings (SSSR count). The van der Waals surface area contributed by atoms with Gasteiger partial charge in [0.15, 0.2) is 0 Å². The molecular weight excluding hydrogens is 347 g/mol. The van der Waals surface area contributed by atoms with E-state index in [1.54, 1.807) is 6.92 Å². The summed E-state index contributed by atoms with van der Waals surface area (Å²) in [6.45, 7) is 2.09. The van der Waals surface area contributed by atoms with Crippen LogP contribution in [0.3, 0.4) is 0 Å². The molecule has 5 nitrogen and oxygen atoms in total. The maximum absolute atomic E-state index is 12.9. The summed E-state index contributed by atoms with van der Waals surface area (Å²) in [5.74, 6) is -1.95. The van der Waals surface area contributed by atoms with Crippen molar-refractivity contribution in [3.8, 4) is 0 Å². The van der Waals surface area contributed by atoms with Gasteiger partial charge in [-0.15, -0.1) is 0 Å². The number of carboxylic acid groups (broad SMARTS) is 1. The van der Waals surface area contributed by atoms with Gasteiger partial charge in [0.25, 0.3) is 0 Å². The molecule has 0 aromatic heterocycles. The average Bonchev–Trinajstić information content (AvgIpc) is 2.86. The van der Waals surface area contributed by atoms with Crippen molar-refractivity contribution < 1.29 is 31.5 Å². The third-order valence-corrected chi connectivity index (χ3v) is 6.03. The molecule has 1 aromatic rings. The molecule has 3 unspecified atom stereocenters. The minimum atomic E-state index is -3.94. The summed E-state index contributed by atoms with van der Waals surface area (Å²) in [7, 11) is -3.94. The first kappa shape index (κ1) is 20.4. The molecule has 0 saturated carbocycles. The zero-order valence-corrected chi connectivity index (χ0v) is 14.1. The molecule has 0 aliphatic carbocycles. The van der Waals surface area contributed by atoms with Gasteiger partial charge in [-0.05, 0) is 36.1 Å². The first-order valence-electron chi connectivity index (χ1n) is 7.32. The lowest BCUT2D eigenvalue weighted by molar-refractivity contribution is -0.141. The Hall–Kier alpha value is -1.61. The second kappa shape index (κ2) is 8.48. The SMILES string of the molecule is CCC1CN(S(=O)(=O)c2ccc(F)cc2)C(C(=O)O)C1C.FCF. The first-order chi connectivity index (χ1) is 11.2. The van der Waals surface area contributed by atoms with Crippen LogP contribution in [0.1, 0.15) is 20.3 Å². The van der Waals surface area contributed by atoms with Crippen molar-refractivity contribution >= 4 is 16.0 Å². The predicted molar refractivity (Wildman–Crippen MR) is 81.7 cm³/mol. The lowest BCUT2D eigenvalue weighted by Gasteiger charge is -2.22. The zero-order chi connectivity index (χ0) is 18.5. The van der Waals surface area contributed by atoms with Gasteiger partial charge in [-0.1, -0.05) is 20.3 Å². The van der Waals surface area contributed by atoms with Crippen LogP contribution in [0.25, 0.3) is 0 Å². The van der Waals surface area contributed by atoms with Crippen LogP contribution in [0.15, 0.2) is 29.2 Å². The normalized spacial score (nSPS) is 24.3. The summed E-state index contributed by atoms with van der Waals surface area (Å²) in [6.07, 6.45) is 0.709. The second-order valence-corrected chi connectivity index (χ2v) is 7.33. The van der Waals surface area contributed by atoms with Gasteiger partial charge >= 0.3 is 5.97 Å². The molecule has 1 aromatic carbocycles. The van der Waals surface area contributed by atoms with Gasteiger partial charge < -0.3 is 5.11 Å². The molecule has 1 heterocycles. The summed E-state index contributed by atoms with van der Waals surface area (Å²) in [4.78, 5) is 11.4. The number of aliphatic carboxylic acids is 1. The fourth-order valence-corrected chi connectivity index (χ4v) is 4.59. The standard InChI is InChI=1S/C14H18FNO4S.CH2F2/c1-3-10-8-16(13(9(10)2)14(17)18)21(19,20)12-6-4-11(15)5-7-12;2-1-3/h4-7,9-10,13H,3,8H2,1-2H3,(H,17,18);1H2. The largest absolute Gasteiger partial charge is 0.480 e. The van der Waals surface area contributed by atoms with Crippen LogP contribution in [0, 0.1) is 17.7 Å². The van der Waals surface area contributed by atoms with Crippen molar-refractivity contribution in [1.82, 2.24) is 4.31 Å². The molecule has 1 saturated heterocycles. The number of rotatable bonds is 4. The minimum Gasteiger partial charge on any atom is -0.480 e. The van der Waals surface area contributed by atoms with E-state index in [-0.39, 0.29) is 23.3 Å². The second-order valence-electron chi connectivity index (χ2n) is 5.44. The van der Waals surface area contributed by atoms with E-state index >= 15 is 0 Å². The van der Waals surface area contributed by atoms with Crippen molar-refractivity contribution in [2.75, 3.05) is 13.5 Å². The third kappa shape index (κ3) is 4.27. The molecule has 1 fully saturated rings. The molecule has 9 heteroatoms. The van der Waals surface area contributed by atoms with Crippen LogP contribution < -0.4 is 0 Å². The topological polar surface area (TPSA) is 74.7 Å². The van der Waals surface area contributed by atoms with E-state index in [0.717, 1.165) is 28.6 Å². The van der Waals surface area contributed by atoms with Gasteiger partial charge in [-0.25, -0.2) is 21.6 Å². The van der Waals surface area contributed by atoms with Crippen molar-refractivity contribution in [3.05, 3.63) is 30.1 Å². The van der Waals surface area contributed by atoms with Gasteiger partial charge in [0, 0.05) is 6.54 Å². The molecular formula is C15H20F3NO4S. The molecule has 1 aliphatic rings. The Bertz CT molecular complexity index is 651. The van der Waals surface area contributed by atoms with E-state index in [1.807, 2.05) is 6.92 Å². The van der Waals surface area contributed by atoms with Gasteiger partial charge in [0.2, 0.25) is 17.0 Å². The van der Waals surface area contributed by atoms with Crippen molar-refractivity contribution in [1.29, 1.82) is 0 Å². The van der Waals surface area contributed by atoms with Crippen LogP contribution in [0.4, 0.5) is 13.2 Å². The lowest BCUT2D eigenvalue weighted by Crippen LogP contribution is -2.42. The Labute approximate surface area is 139 Å². The summed E-state index contributed by atoms with van der Waals surface area (Å²) in [5, 5.41) is 9.36. The Kier molecular flexibility index (Phi) is 7.22. The molecule has 3 atom stereocenters. The lowest BCUT2D eigenvalue weighted by atomic mass is 9.91. The maximum Gasteiger partial charge on any atom is 0.322 e. The van der Waals surface area contributed by atoms with Crippen LogP contribution in [0.2, 0.25) is 0 Å². The number of sulfonamides is 1. The van der Waals surface area contributed by atoms with E-state index < -0.39 is 34.8 Å². The van der Waals surface area contributed by atoms with Gasteiger partial charge in [-0.2, -0.15) is 4.31 Å². The molecule has 136 valence electrons. The number of hydrogen-bond donors (Lipinski definition) is 1. The average molecular weight is 367 g/mol. The van der Waals surface area contributed by atoms with Gasteiger partial charge in [-0.3, -0.25) is 4.79 Å². The van der Waals surface area contributed by atoms with Gasteiger partial charge in [0.05, 0.1) is 4.90 Å². The number of nitrogens with zero attached hydrogens (tertiary/aromatic N) is 1. The zero-order valence-electron chi connectivity index (χ0n) is 13.3. The van der Waals surface area contributed by atoms with E-state index in [1.165, 1.54) is 0 Å². The smallest absolute Gasteiger partial charge is 0.322 e. The summed E-state index contributed by atoms with van der Waals surface area (Å²) in [6, 6.07) is 3.35. The highest BCUT2D eigenvalue weighted by Crippen LogP contribution is 2.35. The van der Waals surface area contributed by atoms with Crippen LogP contribution >= 0.6 is 0 Å². The fraction of sp³-hybridized carbons (Fsp3) is 0.533. The number of benzene rings is 1. The Morgan fingerprint density at radius 3 is 2.21 bits per heavy atom. The number of carboxylic acids is 1. The Morgan fingerprint density at radius 2 is 1.79 bits per heavy atom. The van der Waals surface area contributed by atoms with Crippen molar-refractivity contribution in [3.63, 3.8) is 0 Å². The van der Waals surface area contributed by atoms with Crippen molar-refractivity contribution in [2.45, 2.75) is 31.2 Å². The third-order valence-electron chi connectivity index (χ3n) is 4.16. The van der Waals surface area contributed by atoms with Crippen molar-refractivity contribution in [2.24, 2.45) is 11.8 Å². The summed E-state index contributed by atoms with van der Waals surface area (Å²) >= 11 is 0. The number of alkyl halides is 2.